The van der Waals surface area contributed by atoms with Crippen molar-refractivity contribution in [1.29, 1.82) is 0 Å². The van der Waals surface area contributed by atoms with E-state index < -0.39 is 11.7 Å². The molecule has 0 aliphatic heterocycles. The minimum atomic E-state index is -0.662. The Labute approximate surface area is 162 Å². The average molecular weight is 370 g/mol. The molecule has 2 rings (SSSR count). The fraction of sp³-hybridized carbons (Fsp3) is 0.435. The van der Waals surface area contributed by atoms with Crippen molar-refractivity contribution < 1.29 is 14.6 Å². The van der Waals surface area contributed by atoms with Crippen LogP contribution in [-0.2, 0) is 22.6 Å². The molecule has 4 nitrogen and oxygen atoms in total. The molecule has 0 saturated heterocycles. The minimum Gasteiger partial charge on any atom is -0.460 e. The van der Waals surface area contributed by atoms with Crippen LogP contribution in [0.25, 0.3) is 0 Å². The molecule has 2 aromatic carbocycles. The first-order chi connectivity index (χ1) is 12.7. The van der Waals surface area contributed by atoms with Gasteiger partial charge in [0.25, 0.3) is 0 Å². The van der Waals surface area contributed by atoms with Gasteiger partial charge in [-0.15, -0.1) is 0 Å². The van der Waals surface area contributed by atoms with Crippen molar-refractivity contribution in [2.75, 3.05) is 0 Å². The van der Waals surface area contributed by atoms with Gasteiger partial charge in [-0.1, -0.05) is 60.7 Å². The molecule has 0 heterocycles. The molecule has 4 heteroatoms. The highest BCUT2D eigenvalue weighted by molar-refractivity contribution is 5.70. The Bertz CT molecular complexity index is 651. The second-order valence-corrected chi connectivity index (χ2v) is 7.97. The van der Waals surface area contributed by atoms with E-state index in [0.717, 1.165) is 11.1 Å². The number of ether oxygens (including phenoxy) is 1. The summed E-state index contributed by atoms with van der Waals surface area (Å²) in [5.41, 5.74) is 1.75. The first kappa shape index (κ1) is 21.1. The lowest BCUT2D eigenvalue weighted by molar-refractivity contribution is -0.157. The standard InChI is InChI=1S/C23H31NO3/c1-18(25)21(15-22(26)27-23(2,3)4)24(16-19-11-7-5-8-12-19)17-20-13-9-6-10-14-20/h5-14,18,21,25H,15-17H2,1-4H3/t18-,21-/m0/s1. The molecular formula is C23H31NO3. The normalized spacial score (nSPS) is 14.0. The van der Waals surface area contributed by atoms with Crippen LogP contribution >= 0.6 is 0 Å². The molecule has 0 aliphatic carbocycles. The molecule has 1 N–H and O–H groups in total. The van der Waals surface area contributed by atoms with Crippen LogP contribution in [0.2, 0.25) is 0 Å². The van der Waals surface area contributed by atoms with E-state index in [2.05, 4.69) is 29.2 Å². The van der Waals surface area contributed by atoms with E-state index in [4.69, 9.17) is 4.74 Å². The van der Waals surface area contributed by atoms with Gasteiger partial charge >= 0.3 is 5.97 Å². The maximum Gasteiger partial charge on any atom is 0.307 e. The lowest BCUT2D eigenvalue weighted by atomic mass is 10.0. The van der Waals surface area contributed by atoms with Crippen molar-refractivity contribution in [2.24, 2.45) is 0 Å². The second kappa shape index (κ2) is 9.67. The van der Waals surface area contributed by atoms with E-state index in [1.54, 1.807) is 6.92 Å². The number of hydrogen-bond donors (Lipinski definition) is 1. The smallest absolute Gasteiger partial charge is 0.307 e. The number of rotatable bonds is 8. The molecule has 0 bridgehead atoms. The number of carbonyl (C=O) groups is 1. The van der Waals surface area contributed by atoms with Crippen LogP contribution < -0.4 is 0 Å². The maximum absolute atomic E-state index is 12.4. The number of benzene rings is 2. The highest BCUT2D eigenvalue weighted by atomic mass is 16.6. The molecule has 27 heavy (non-hydrogen) atoms. The molecular weight excluding hydrogens is 338 g/mol. The van der Waals surface area contributed by atoms with E-state index in [1.807, 2.05) is 57.2 Å². The fourth-order valence-electron chi connectivity index (χ4n) is 3.08. The van der Waals surface area contributed by atoms with E-state index in [-0.39, 0.29) is 18.4 Å². The Morgan fingerprint density at radius 3 is 1.78 bits per heavy atom. The molecule has 0 aromatic heterocycles. The van der Waals surface area contributed by atoms with Gasteiger partial charge in [-0.3, -0.25) is 9.69 Å². The van der Waals surface area contributed by atoms with Crippen LogP contribution in [0.4, 0.5) is 0 Å². The number of hydrogen-bond acceptors (Lipinski definition) is 4. The molecule has 0 radical (unpaired) electrons. The van der Waals surface area contributed by atoms with Crippen LogP contribution in [0.1, 0.15) is 45.2 Å². The van der Waals surface area contributed by atoms with Crippen LogP contribution in [-0.4, -0.2) is 33.7 Å². The third-order valence-electron chi connectivity index (χ3n) is 4.28. The predicted octanol–water partition coefficient (Wildman–Crippen LogP) is 4.17. The number of esters is 1. The van der Waals surface area contributed by atoms with Crippen LogP contribution in [0.15, 0.2) is 60.7 Å². The third-order valence-corrected chi connectivity index (χ3v) is 4.28. The van der Waals surface area contributed by atoms with Crippen molar-refractivity contribution in [3.63, 3.8) is 0 Å². The summed E-state index contributed by atoms with van der Waals surface area (Å²) in [5.74, 6) is -0.292. The number of nitrogens with zero attached hydrogens (tertiary/aromatic N) is 1. The van der Waals surface area contributed by atoms with Crippen LogP contribution in [0.5, 0.6) is 0 Å². The van der Waals surface area contributed by atoms with Crippen LogP contribution in [0, 0.1) is 0 Å². The second-order valence-electron chi connectivity index (χ2n) is 7.97. The zero-order valence-electron chi connectivity index (χ0n) is 16.8. The summed E-state index contributed by atoms with van der Waals surface area (Å²) in [4.78, 5) is 14.6. The van der Waals surface area contributed by atoms with Crippen LogP contribution in [0.3, 0.4) is 0 Å². The number of carbonyl (C=O) groups excluding carboxylic acids is 1. The topological polar surface area (TPSA) is 49.8 Å². The Hall–Kier alpha value is -2.17. The highest BCUT2D eigenvalue weighted by Gasteiger charge is 2.28. The number of aliphatic hydroxyl groups excluding tert-OH is 1. The summed E-state index contributed by atoms with van der Waals surface area (Å²) in [5, 5.41) is 10.4. The fourth-order valence-corrected chi connectivity index (χ4v) is 3.08. The lowest BCUT2D eigenvalue weighted by Crippen LogP contribution is -2.44. The van der Waals surface area contributed by atoms with E-state index >= 15 is 0 Å². The molecule has 0 saturated carbocycles. The summed E-state index contributed by atoms with van der Waals surface area (Å²) in [6, 6.07) is 19.9. The van der Waals surface area contributed by atoms with Crippen molar-refractivity contribution in [3.8, 4) is 0 Å². The maximum atomic E-state index is 12.4. The van der Waals surface area contributed by atoms with Gasteiger partial charge in [0.1, 0.15) is 5.60 Å². The molecule has 0 spiro atoms. The third kappa shape index (κ3) is 7.53. The van der Waals surface area contributed by atoms with E-state index in [0.29, 0.717) is 13.1 Å². The monoisotopic (exact) mass is 369 g/mol. The molecule has 2 atom stereocenters. The first-order valence-electron chi connectivity index (χ1n) is 9.46. The van der Waals surface area contributed by atoms with Crippen molar-refractivity contribution in [1.82, 2.24) is 4.90 Å². The van der Waals surface area contributed by atoms with Gasteiger partial charge in [0.2, 0.25) is 0 Å². The van der Waals surface area contributed by atoms with E-state index in [9.17, 15) is 9.90 Å². The van der Waals surface area contributed by atoms with Crippen molar-refractivity contribution in [2.45, 2.75) is 65.0 Å². The summed E-state index contributed by atoms with van der Waals surface area (Å²) in [6.07, 6.45) is -0.515. The molecule has 0 fully saturated rings. The predicted molar refractivity (Wildman–Crippen MR) is 108 cm³/mol. The average Bonchev–Trinajstić information content (AvgIpc) is 2.59. The quantitative estimate of drug-likeness (QED) is 0.710. The van der Waals surface area contributed by atoms with Gasteiger partial charge in [-0.25, -0.2) is 0 Å². The molecule has 146 valence electrons. The first-order valence-corrected chi connectivity index (χ1v) is 9.46. The molecule has 0 amide bonds. The zero-order chi connectivity index (χ0) is 19.9. The van der Waals surface area contributed by atoms with Crippen molar-refractivity contribution >= 4 is 5.97 Å². The van der Waals surface area contributed by atoms with Gasteiger partial charge in [-0.05, 0) is 38.8 Å². The highest BCUT2D eigenvalue weighted by Crippen LogP contribution is 2.20. The van der Waals surface area contributed by atoms with Crippen molar-refractivity contribution in [3.05, 3.63) is 71.8 Å². The Morgan fingerprint density at radius 1 is 0.963 bits per heavy atom. The minimum absolute atomic E-state index is 0.147. The van der Waals surface area contributed by atoms with Gasteiger partial charge < -0.3 is 9.84 Å². The summed E-state index contributed by atoms with van der Waals surface area (Å²) < 4.78 is 5.49. The van der Waals surface area contributed by atoms with E-state index in [1.165, 1.54) is 0 Å². The van der Waals surface area contributed by atoms with Gasteiger partial charge in [0, 0.05) is 19.1 Å². The van der Waals surface area contributed by atoms with Gasteiger partial charge in [0.15, 0.2) is 0 Å². The lowest BCUT2D eigenvalue weighted by Gasteiger charge is -2.34. The van der Waals surface area contributed by atoms with Gasteiger partial charge in [0.05, 0.1) is 12.5 Å². The zero-order valence-corrected chi connectivity index (χ0v) is 16.8. The Kier molecular flexibility index (Phi) is 7.57. The Balaban J connectivity index is 2.22. The summed E-state index contributed by atoms with van der Waals surface area (Å²) in [7, 11) is 0. The SMILES string of the molecule is C[C@H](O)[C@H](CC(=O)OC(C)(C)C)N(Cc1ccccc1)Cc1ccccc1. The summed E-state index contributed by atoms with van der Waals surface area (Å²) in [6.45, 7) is 8.59. The molecule has 0 unspecified atom stereocenters. The molecule has 2 aromatic rings. The van der Waals surface area contributed by atoms with Gasteiger partial charge in [-0.2, -0.15) is 0 Å². The molecule has 0 aliphatic rings. The summed E-state index contributed by atoms with van der Waals surface area (Å²) >= 11 is 0. The Morgan fingerprint density at radius 2 is 1.41 bits per heavy atom. The number of aliphatic hydroxyl groups is 1. The largest absolute Gasteiger partial charge is 0.460 e.